The van der Waals surface area contributed by atoms with Gasteiger partial charge in [-0.25, -0.2) is 0 Å². The molecule has 1 aliphatic rings. The van der Waals surface area contributed by atoms with Crippen LogP contribution in [0.3, 0.4) is 0 Å². The van der Waals surface area contributed by atoms with Crippen molar-refractivity contribution in [2.45, 2.75) is 44.1 Å². The Morgan fingerprint density at radius 3 is 2.55 bits per heavy atom. The summed E-state index contributed by atoms with van der Waals surface area (Å²) in [5, 5.41) is 5.95. The molecule has 1 heterocycles. The molecular formula is C18H23NS. The van der Waals surface area contributed by atoms with E-state index in [1.54, 1.807) is 0 Å². The van der Waals surface area contributed by atoms with Crippen LogP contribution in [-0.4, -0.2) is 12.6 Å². The highest BCUT2D eigenvalue weighted by Gasteiger charge is 2.33. The van der Waals surface area contributed by atoms with E-state index in [1.165, 1.54) is 29.7 Å². The highest BCUT2D eigenvalue weighted by Crippen LogP contribution is 2.34. The largest absolute Gasteiger partial charge is 0.313 e. The van der Waals surface area contributed by atoms with E-state index in [0.717, 1.165) is 19.0 Å². The molecule has 0 bridgehead atoms. The van der Waals surface area contributed by atoms with Gasteiger partial charge in [-0.2, -0.15) is 0 Å². The minimum atomic E-state index is 0.231. The lowest BCUT2D eigenvalue weighted by Gasteiger charge is -2.34. The molecule has 2 aromatic rings. The molecule has 0 amide bonds. The van der Waals surface area contributed by atoms with Crippen molar-refractivity contribution in [3.63, 3.8) is 0 Å². The molecule has 0 spiro atoms. The van der Waals surface area contributed by atoms with Crippen LogP contribution in [0.4, 0.5) is 0 Å². The first kappa shape index (κ1) is 13.8. The smallest absolute Gasteiger partial charge is 0.0123 e. The first-order valence-corrected chi connectivity index (χ1v) is 8.52. The van der Waals surface area contributed by atoms with E-state index in [-0.39, 0.29) is 5.41 Å². The van der Waals surface area contributed by atoms with Gasteiger partial charge < -0.3 is 5.32 Å². The molecule has 1 aliphatic carbocycles. The summed E-state index contributed by atoms with van der Waals surface area (Å²) in [6, 6.07) is 16.3. The zero-order valence-corrected chi connectivity index (χ0v) is 13.0. The van der Waals surface area contributed by atoms with Crippen molar-refractivity contribution in [1.29, 1.82) is 0 Å². The van der Waals surface area contributed by atoms with Gasteiger partial charge in [-0.3, -0.25) is 0 Å². The van der Waals surface area contributed by atoms with E-state index in [4.69, 9.17) is 0 Å². The molecule has 1 aromatic carbocycles. The van der Waals surface area contributed by atoms with Crippen molar-refractivity contribution in [2.24, 2.45) is 0 Å². The lowest BCUT2D eigenvalue weighted by Crippen LogP contribution is -2.40. The molecule has 1 atom stereocenters. The third kappa shape index (κ3) is 3.13. The number of thiophene rings is 1. The number of hydrogen-bond acceptors (Lipinski definition) is 2. The Kier molecular flexibility index (Phi) is 4.23. The second kappa shape index (κ2) is 6.11. The Balaban J connectivity index is 1.86. The van der Waals surface area contributed by atoms with E-state index < -0.39 is 0 Å². The van der Waals surface area contributed by atoms with Gasteiger partial charge >= 0.3 is 0 Å². The number of nitrogens with one attached hydrogen (secondary N) is 1. The quantitative estimate of drug-likeness (QED) is 0.795. The van der Waals surface area contributed by atoms with E-state index in [2.05, 4.69) is 60.1 Å². The number of benzene rings is 1. The summed E-state index contributed by atoms with van der Waals surface area (Å²) in [4.78, 5) is 1.49. The predicted molar refractivity (Wildman–Crippen MR) is 87.5 cm³/mol. The van der Waals surface area contributed by atoms with Crippen LogP contribution in [0.2, 0.25) is 0 Å². The molecule has 106 valence electrons. The predicted octanol–water partition coefficient (Wildman–Crippen LogP) is 4.39. The topological polar surface area (TPSA) is 12.0 Å². The summed E-state index contributed by atoms with van der Waals surface area (Å²) < 4.78 is 0. The maximum absolute atomic E-state index is 3.76. The summed E-state index contributed by atoms with van der Waals surface area (Å²) in [5.41, 5.74) is 1.71. The normalized spacial score (nSPS) is 17.9. The third-order valence-corrected chi connectivity index (χ3v) is 5.34. The van der Waals surface area contributed by atoms with Crippen molar-refractivity contribution >= 4 is 11.3 Å². The van der Waals surface area contributed by atoms with Crippen LogP contribution in [0.5, 0.6) is 0 Å². The van der Waals surface area contributed by atoms with Gasteiger partial charge in [0, 0.05) is 22.9 Å². The fourth-order valence-electron chi connectivity index (χ4n) is 2.89. The van der Waals surface area contributed by atoms with Crippen molar-refractivity contribution in [2.75, 3.05) is 6.54 Å². The van der Waals surface area contributed by atoms with E-state index in [1.807, 2.05) is 11.3 Å². The zero-order chi connectivity index (χ0) is 13.8. The molecule has 2 heteroatoms. The number of rotatable bonds is 7. The minimum absolute atomic E-state index is 0.231. The van der Waals surface area contributed by atoms with Crippen LogP contribution in [0.25, 0.3) is 0 Å². The fraction of sp³-hybridized carbons (Fsp3) is 0.444. The summed E-state index contributed by atoms with van der Waals surface area (Å²) in [5.74, 6) is 0. The van der Waals surface area contributed by atoms with Gasteiger partial charge in [-0.05, 0) is 42.7 Å². The Morgan fingerprint density at radius 1 is 1.15 bits per heavy atom. The van der Waals surface area contributed by atoms with Crippen LogP contribution < -0.4 is 5.32 Å². The van der Waals surface area contributed by atoms with Crippen LogP contribution in [-0.2, 0) is 11.8 Å². The SMILES string of the molecule is CCC(CNC1CC1)(Cc1cccs1)c1ccccc1. The molecule has 3 rings (SSSR count). The van der Waals surface area contributed by atoms with Gasteiger partial charge in [0.2, 0.25) is 0 Å². The standard InChI is InChI=1S/C18H23NS/c1-2-18(14-19-16-10-11-16,13-17-9-6-12-20-17)15-7-4-3-5-8-15/h3-9,12,16,19H,2,10-11,13-14H2,1H3. The molecular weight excluding hydrogens is 262 g/mol. The van der Waals surface area contributed by atoms with Gasteiger partial charge in [0.05, 0.1) is 0 Å². The van der Waals surface area contributed by atoms with Crippen LogP contribution in [0.1, 0.15) is 36.6 Å². The molecule has 1 fully saturated rings. The van der Waals surface area contributed by atoms with Gasteiger partial charge in [0.1, 0.15) is 0 Å². The fourth-order valence-corrected chi connectivity index (χ4v) is 3.73. The Bertz CT molecular complexity index is 516. The summed E-state index contributed by atoms with van der Waals surface area (Å²) in [7, 11) is 0. The maximum Gasteiger partial charge on any atom is 0.0123 e. The summed E-state index contributed by atoms with van der Waals surface area (Å²) >= 11 is 1.88. The highest BCUT2D eigenvalue weighted by molar-refractivity contribution is 7.09. The van der Waals surface area contributed by atoms with Crippen LogP contribution >= 0.6 is 11.3 Å². The second-order valence-corrected chi connectivity index (χ2v) is 6.94. The minimum Gasteiger partial charge on any atom is -0.313 e. The van der Waals surface area contributed by atoms with Crippen molar-refractivity contribution in [3.05, 3.63) is 58.3 Å². The average Bonchev–Trinajstić information content (AvgIpc) is 3.20. The molecule has 1 N–H and O–H groups in total. The van der Waals surface area contributed by atoms with Crippen molar-refractivity contribution in [1.82, 2.24) is 5.32 Å². The van der Waals surface area contributed by atoms with Gasteiger partial charge in [0.15, 0.2) is 0 Å². The second-order valence-electron chi connectivity index (χ2n) is 5.91. The third-order valence-electron chi connectivity index (χ3n) is 4.46. The Hall–Kier alpha value is -1.12. The molecule has 0 saturated heterocycles. The van der Waals surface area contributed by atoms with Crippen molar-refractivity contribution < 1.29 is 0 Å². The summed E-state index contributed by atoms with van der Waals surface area (Å²) in [6.07, 6.45) is 5.03. The Morgan fingerprint density at radius 2 is 1.95 bits per heavy atom. The molecule has 1 aromatic heterocycles. The maximum atomic E-state index is 3.76. The van der Waals surface area contributed by atoms with E-state index in [0.29, 0.717) is 0 Å². The average molecular weight is 285 g/mol. The molecule has 0 aliphatic heterocycles. The molecule has 1 nitrogen and oxygen atoms in total. The lowest BCUT2D eigenvalue weighted by molar-refractivity contribution is 0.379. The Labute approximate surface area is 126 Å². The van der Waals surface area contributed by atoms with Crippen LogP contribution in [0, 0.1) is 0 Å². The molecule has 1 saturated carbocycles. The molecule has 1 unspecified atom stereocenters. The molecule has 0 radical (unpaired) electrons. The monoisotopic (exact) mass is 285 g/mol. The van der Waals surface area contributed by atoms with Gasteiger partial charge in [0.25, 0.3) is 0 Å². The first-order valence-electron chi connectivity index (χ1n) is 7.64. The van der Waals surface area contributed by atoms with Gasteiger partial charge in [-0.15, -0.1) is 11.3 Å². The van der Waals surface area contributed by atoms with Gasteiger partial charge in [-0.1, -0.05) is 43.3 Å². The van der Waals surface area contributed by atoms with E-state index in [9.17, 15) is 0 Å². The molecule has 20 heavy (non-hydrogen) atoms. The zero-order valence-electron chi connectivity index (χ0n) is 12.1. The highest BCUT2D eigenvalue weighted by atomic mass is 32.1. The first-order chi connectivity index (χ1) is 9.82. The summed E-state index contributed by atoms with van der Waals surface area (Å²) in [6.45, 7) is 3.42. The van der Waals surface area contributed by atoms with Crippen molar-refractivity contribution in [3.8, 4) is 0 Å². The lowest BCUT2D eigenvalue weighted by atomic mass is 9.75. The van der Waals surface area contributed by atoms with E-state index >= 15 is 0 Å². The number of hydrogen-bond donors (Lipinski definition) is 1. The van der Waals surface area contributed by atoms with Crippen LogP contribution in [0.15, 0.2) is 47.8 Å².